The number of benzene rings is 1. The van der Waals surface area contributed by atoms with Crippen LogP contribution in [-0.4, -0.2) is 32.4 Å². The van der Waals surface area contributed by atoms with Crippen LogP contribution < -0.4 is 10.1 Å². The van der Waals surface area contributed by atoms with Crippen molar-refractivity contribution >= 4 is 5.91 Å². The number of aryl methyl sites for hydroxylation is 1. The van der Waals surface area contributed by atoms with E-state index in [0.717, 1.165) is 5.56 Å². The van der Waals surface area contributed by atoms with E-state index in [2.05, 4.69) is 25.3 Å². The molecule has 0 saturated heterocycles. The van der Waals surface area contributed by atoms with E-state index >= 15 is 0 Å². The molecule has 1 aromatic carbocycles. The number of carbonyl (C=O) groups is 1. The summed E-state index contributed by atoms with van der Waals surface area (Å²) in [6, 6.07) is 7.54. The molecular formula is C18H16FN5O2. The van der Waals surface area contributed by atoms with Crippen LogP contribution in [0.2, 0.25) is 0 Å². The quantitative estimate of drug-likeness (QED) is 0.730. The molecule has 0 bridgehead atoms. The molecule has 0 spiro atoms. The Kier molecular flexibility index (Phi) is 5.43. The first-order valence-corrected chi connectivity index (χ1v) is 7.86. The van der Waals surface area contributed by atoms with Crippen LogP contribution in [0.4, 0.5) is 4.39 Å². The summed E-state index contributed by atoms with van der Waals surface area (Å²) in [6.45, 7) is 1.89. The summed E-state index contributed by atoms with van der Waals surface area (Å²) in [4.78, 5) is 28.6. The van der Waals surface area contributed by atoms with Gasteiger partial charge in [-0.1, -0.05) is 12.1 Å². The first-order chi connectivity index (χ1) is 12.6. The summed E-state index contributed by atoms with van der Waals surface area (Å²) >= 11 is 0. The second kappa shape index (κ2) is 8.11. The van der Waals surface area contributed by atoms with Crippen molar-refractivity contribution in [3.05, 3.63) is 66.0 Å². The summed E-state index contributed by atoms with van der Waals surface area (Å²) in [5, 5.41) is 2.70. The van der Waals surface area contributed by atoms with Gasteiger partial charge < -0.3 is 10.1 Å². The van der Waals surface area contributed by atoms with E-state index in [-0.39, 0.29) is 30.8 Å². The van der Waals surface area contributed by atoms with Crippen LogP contribution in [-0.2, 0) is 11.3 Å². The molecule has 1 amide bonds. The lowest BCUT2D eigenvalue weighted by atomic mass is 10.2. The third kappa shape index (κ3) is 4.79. The molecule has 2 heterocycles. The Morgan fingerprint density at radius 2 is 2.00 bits per heavy atom. The van der Waals surface area contributed by atoms with E-state index < -0.39 is 0 Å². The second-order valence-corrected chi connectivity index (χ2v) is 5.45. The van der Waals surface area contributed by atoms with Gasteiger partial charge in [0.05, 0.1) is 6.20 Å². The fourth-order valence-electron chi connectivity index (χ4n) is 2.14. The summed E-state index contributed by atoms with van der Waals surface area (Å²) in [5.74, 6) is 0.0167. The van der Waals surface area contributed by atoms with Crippen LogP contribution >= 0.6 is 0 Å². The maximum absolute atomic E-state index is 12.9. The molecule has 8 heteroatoms. The van der Waals surface area contributed by atoms with Crippen LogP contribution in [0.25, 0.3) is 11.5 Å². The summed E-state index contributed by atoms with van der Waals surface area (Å²) in [5.41, 5.74) is 1.99. The predicted octanol–water partition coefficient (Wildman–Crippen LogP) is 2.08. The van der Waals surface area contributed by atoms with Crippen molar-refractivity contribution in [1.82, 2.24) is 25.3 Å². The molecule has 0 unspecified atom stereocenters. The predicted molar refractivity (Wildman–Crippen MR) is 91.5 cm³/mol. The van der Waals surface area contributed by atoms with Gasteiger partial charge in [-0.15, -0.1) is 0 Å². The average molecular weight is 353 g/mol. The Balaban J connectivity index is 1.58. The number of aromatic nitrogens is 4. The van der Waals surface area contributed by atoms with E-state index in [1.807, 2.05) is 0 Å². The zero-order valence-electron chi connectivity index (χ0n) is 14.0. The molecule has 132 valence electrons. The zero-order valence-corrected chi connectivity index (χ0v) is 14.0. The van der Waals surface area contributed by atoms with Crippen molar-refractivity contribution in [2.24, 2.45) is 0 Å². The lowest BCUT2D eigenvalue weighted by molar-refractivity contribution is -0.123. The van der Waals surface area contributed by atoms with E-state index in [4.69, 9.17) is 4.74 Å². The number of hydrogen-bond acceptors (Lipinski definition) is 6. The van der Waals surface area contributed by atoms with E-state index in [1.54, 1.807) is 43.7 Å². The summed E-state index contributed by atoms with van der Waals surface area (Å²) in [7, 11) is 0. The molecule has 7 nitrogen and oxygen atoms in total. The first-order valence-electron chi connectivity index (χ1n) is 7.86. The number of rotatable bonds is 6. The molecule has 0 fully saturated rings. The van der Waals surface area contributed by atoms with Crippen molar-refractivity contribution in [3.8, 4) is 17.4 Å². The van der Waals surface area contributed by atoms with Gasteiger partial charge in [-0.3, -0.25) is 9.78 Å². The smallest absolute Gasteiger partial charge is 0.258 e. The van der Waals surface area contributed by atoms with Gasteiger partial charge in [-0.2, -0.15) is 4.98 Å². The average Bonchev–Trinajstić information content (AvgIpc) is 2.66. The highest BCUT2D eigenvalue weighted by molar-refractivity contribution is 5.77. The van der Waals surface area contributed by atoms with Crippen molar-refractivity contribution < 1.29 is 13.9 Å². The number of nitrogens with one attached hydrogen (secondary N) is 1. The number of halogens is 1. The molecule has 0 aliphatic rings. The molecule has 3 rings (SSSR count). The zero-order chi connectivity index (χ0) is 18.4. The van der Waals surface area contributed by atoms with Crippen molar-refractivity contribution in [2.75, 3.05) is 6.61 Å². The summed E-state index contributed by atoms with van der Waals surface area (Å²) in [6.07, 6.45) is 4.65. The number of nitrogens with zero attached hydrogens (tertiary/aromatic N) is 4. The van der Waals surface area contributed by atoms with Crippen molar-refractivity contribution in [1.29, 1.82) is 0 Å². The van der Waals surface area contributed by atoms with Gasteiger partial charge in [0.15, 0.2) is 12.4 Å². The van der Waals surface area contributed by atoms with Gasteiger partial charge >= 0.3 is 0 Å². The third-order valence-electron chi connectivity index (χ3n) is 3.38. The highest BCUT2D eigenvalue weighted by Crippen LogP contribution is 2.16. The van der Waals surface area contributed by atoms with Crippen LogP contribution in [0.1, 0.15) is 11.3 Å². The molecule has 26 heavy (non-hydrogen) atoms. The topological polar surface area (TPSA) is 89.9 Å². The molecular weight excluding hydrogens is 337 g/mol. The fraction of sp³-hybridized carbons (Fsp3) is 0.167. The molecule has 0 aliphatic carbocycles. The van der Waals surface area contributed by atoms with Crippen LogP contribution in [0.3, 0.4) is 0 Å². The first kappa shape index (κ1) is 17.4. The van der Waals surface area contributed by atoms with E-state index in [1.165, 1.54) is 12.1 Å². The number of amides is 1. The van der Waals surface area contributed by atoms with E-state index in [0.29, 0.717) is 17.2 Å². The van der Waals surface area contributed by atoms with Crippen molar-refractivity contribution in [3.63, 3.8) is 0 Å². The normalized spacial score (nSPS) is 10.4. The second-order valence-electron chi connectivity index (χ2n) is 5.45. The van der Waals surface area contributed by atoms with Crippen LogP contribution in [0, 0.1) is 12.7 Å². The lowest BCUT2D eigenvalue weighted by Gasteiger charge is -2.08. The maximum atomic E-state index is 12.9. The number of ether oxygens (including phenoxy) is 1. The highest BCUT2D eigenvalue weighted by atomic mass is 19.1. The Hall–Kier alpha value is -3.42. The minimum atomic E-state index is -0.318. The number of carbonyl (C=O) groups excluding carboxylic acids is 1. The molecule has 0 saturated carbocycles. The van der Waals surface area contributed by atoms with Gasteiger partial charge in [0.25, 0.3) is 5.91 Å². The van der Waals surface area contributed by atoms with Crippen molar-refractivity contribution in [2.45, 2.75) is 13.5 Å². The fourth-order valence-corrected chi connectivity index (χ4v) is 2.14. The molecule has 2 aromatic heterocycles. The monoisotopic (exact) mass is 353 g/mol. The Bertz CT molecular complexity index is 888. The van der Waals surface area contributed by atoms with Crippen LogP contribution in [0.15, 0.2) is 48.9 Å². The molecule has 0 aliphatic heterocycles. The van der Waals surface area contributed by atoms with Gasteiger partial charge in [0, 0.05) is 30.7 Å². The van der Waals surface area contributed by atoms with Gasteiger partial charge in [0.1, 0.15) is 11.5 Å². The largest absolute Gasteiger partial charge is 0.467 e. The third-order valence-corrected chi connectivity index (χ3v) is 3.38. The lowest BCUT2D eigenvalue weighted by Crippen LogP contribution is -2.28. The highest BCUT2D eigenvalue weighted by Gasteiger charge is 2.09. The van der Waals surface area contributed by atoms with Crippen LogP contribution in [0.5, 0.6) is 5.88 Å². The van der Waals surface area contributed by atoms with Gasteiger partial charge in [0.2, 0.25) is 5.88 Å². The molecule has 0 radical (unpaired) electrons. The molecule has 1 N–H and O–H groups in total. The minimum absolute atomic E-state index is 0.197. The Morgan fingerprint density at radius 3 is 2.73 bits per heavy atom. The SMILES string of the molecule is Cc1cc(OCC(=O)NCc2ccc(F)cc2)nc(-c2cnccn2)n1. The molecule has 3 aromatic rings. The van der Waals surface area contributed by atoms with E-state index in [9.17, 15) is 9.18 Å². The minimum Gasteiger partial charge on any atom is -0.467 e. The Labute approximate surface area is 149 Å². The van der Waals surface area contributed by atoms with Gasteiger partial charge in [-0.05, 0) is 24.6 Å². The Morgan fingerprint density at radius 1 is 1.19 bits per heavy atom. The number of hydrogen-bond donors (Lipinski definition) is 1. The maximum Gasteiger partial charge on any atom is 0.258 e. The van der Waals surface area contributed by atoms with Gasteiger partial charge in [-0.25, -0.2) is 14.4 Å². The summed E-state index contributed by atoms with van der Waals surface area (Å²) < 4.78 is 18.3. The standard InChI is InChI=1S/C18H16FN5O2/c1-12-8-17(24-18(23-12)15-10-20-6-7-21-15)26-11-16(25)22-9-13-2-4-14(19)5-3-13/h2-8,10H,9,11H2,1H3,(H,22,25). The molecule has 0 atom stereocenters.